The van der Waals surface area contributed by atoms with Crippen LogP contribution in [0.5, 0.6) is 63.2 Å². The number of carbonyl (C=O) groups excluding carboxylic acids is 3. The summed E-state index contributed by atoms with van der Waals surface area (Å²) >= 11 is 0. The number of phenols is 4. The summed E-state index contributed by atoms with van der Waals surface area (Å²) in [7, 11) is 7.89. The van der Waals surface area contributed by atoms with Gasteiger partial charge < -0.3 is 78.7 Å². The van der Waals surface area contributed by atoms with E-state index < -0.39 is 48.3 Å². The summed E-state index contributed by atoms with van der Waals surface area (Å²) in [4.78, 5) is 46.9. The van der Waals surface area contributed by atoms with Crippen molar-refractivity contribution < 1.29 is 77.1 Å². The largest absolute Gasteiger partial charge is 0.504 e. The van der Waals surface area contributed by atoms with Crippen LogP contribution in [0.15, 0.2) is 65.1 Å². The molecule has 82 heavy (non-hydrogen) atoms. The minimum Gasteiger partial charge on any atom is -0.504 e. The first-order valence-electron chi connectivity index (χ1n) is 27.0. The number of nitrogens with zero attached hydrogens (tertiary/aromatic N) is 3. The topological polar surface area (TPSA) is 285 Å². The summed E-state index contributed by atoms with van der Waals surface area (Å²) in [5.74, 6) is 0.401. The molecule has 4 aliphatic heterocycles. The molecule has 5 heterocycles. The van der Waals surface area contributed by atoms with Crippen LogP contribution in [0.25, 0.3) is 11.0 Å². The van der Waals surface area contributed by atoms with E-state index in [0.717, 1.165) is 12.8 Å². The van der Waals surface area contributed by atoms with Gasteiger partial charge in [-0.25, -0.2) is 9.59 Å². The van der Waals surface area contributed by atoms with E-state index in [1.807, 2.05) is 18.0 Å². The lowest BCUT2D eigenvalue weighted by Crippen LogP contribution is -2.69. The number of hydrogen-bond donors (Lipinski definition) is 7. The van der Waals surface area contributed by atoms with Gasteiger partial charge in [0, 0.05) is 83.3 Å². The van der Waals surface area contributed by atoms with Gasteiger partial charge in [0.05, 0.1) is 59.8 Å². The van der Waals surface area contributed by atoms with Crippen LogP contribution < -0.4 is 49.1 Å². The Morgan fingerprint density at radius 3 is 1.77 bits per heavy atom. The van der Waals surface area contributed by atoms with E-state index in [1.54, 1.807) is 51.3 Å². The van der Waals surface area contributed by atoms with Gasteiger partial charge in [0.1, 0.15) is 35.0 Å². The number of rotatable bonds is 17. The fraction of sp³-hybridized carbons (Fsp3) is 0.400. The molecule has 432 valence electrons. The lowest BCUT2D eigenvalue weighted by atomic mass is 9.71. The number of benzene rings is 5. The minimum absolute atomic E-state index is 0.0117. The number of ether oxygens (including phenoxy) is 8. The summed E-state index contributed by atoms with van der Waals surface area (Å²) in [5.41, 5.74) is 5.09. The van der Waals surface area contributed by atoms with Gasteiger partial charge in [0.15, 0.2) is 51.8 Å². The van der Waals surface area contributed by atoms with Crippen LogP contribution >= 0.6 is 0 Å². The third-order valence-electron chi connectivity index (χ3n) is 16.1. The number of hydrogen-bond acceptors (Lipinski definition) is 19. The van der Waals surface area contributed by atoms with Crippen LogP contribution in [0.2, 0.25) is 0 Å². The Morgan fingerprint density at radius 2 is 1.22 bits per heavy atom. The second-order valence-corrected chi connectivity index (χ2v) is 20.7. The van der Waals surface area contributed by atoms with E-state index in [4.69, 9.17) is 42.3 Å². The number of carbonyl (C=O) groups is 3. The zero-order valence-electron chi connectivity index (χ0n) is 46.5. The Morgan fingerprint density at radius 1 is 0.671 bits per heavy atom. The molecule has 7 N–H and O–H groups in total. The third kappa shape index (κ3) is 10.7. The molecule has 5 aromatic carbocycles. The van der Waals surface area contributed by atoms with Crippen molar-refractivity contribution in [1.29, 1.82) is 5.26 Å². The summed E-state index contributed by atoms with van der Waals surface area (Å²) in [6.45, 7) is 4.80. The van der Waals surface area contributed by atoms with E-state index in [1.165, 1.54) is 45.6 Å². The number of methoxy groups -OCH3 is 4. The number of aromatic hydroxyl groups is 4. The van der Waals surface area contributed by atoms with Crippen molar-refractivity contribution in [2.75, 3.05) is 68.3 Å². The zero-order valence-corrected chi connectivity index (χ0v) is 46.5. The molecular weight excluding hydrogens is 1060 g/mol. The Bertz CT molecular complexity index is 3480. The number of piperazine rings is 1. The summed E-state index contributed by atoms with van der Waals surface area (Å²) in [6.07, 6.45) is 0.801. The second kappa shape index (κ2) is 23.7. The fourth-order valence-corrected chi connectivity index (χ4v) is 12.4. The van der Waals surface area contributed by atoms with Gasteiger partial charge in [0.2, 0.25) is 0 Å². The molecule has 0 radical (unpaired) electrons. The Labute approximate surface area is 472 Å². The third-order valence-corrected chi connectivity index (χ3v) is 16.1. The highest BCUT2D eigenvalue weighted by atomic mass is 16.6. The molecule has 22 nitrogen and oxygen atoms in total. The van der Waals surface area contributed by atoms with E-state index in [9.17, 15) is 40.1 Å². The molecule has 0 unspecified atom stereocenters. The molecule has 0 spiro atoms. The normalized spacial score (nSPS) is 19.4. The molecule has 1 aromatic heterocycles. The van der Waals surface area contributed by atoms with Crippen LogP contribution in [0.4, 0.5) is 9.59 Å². The minimum atomic E-state index is -0.959. The Kier molecular flexibility index (Phi) is 16.4. The molecule has 3 amide bonds. The van der Waals surface area contributed by atoms with Crippen LogP contribution in [-0.4, -0.2) is 141 Å². The lowest BCUT2D eigenvalue weighted by molar-refractivity contribution is -0.0723. The maximum absolute atomic E-state index is 14.6. The maximum Gasteiger partial charge on any atom is 0.412 e. The SMILES string of the molecule is COc1c(C)c(OC)c(OC(=O)NCCc2ccc(O)c(O)c2)c2c1C[C@H]1[C@H](C#N)N3[C@@H](CNC(=O)c4cc5cc(OC6CCOCC6)ccc5o4)c4c(c(OC)c(C)c(OC)c4OC(=O)NCCc4ccc(O)c(O)c4)C[C@H]3[C@@H]2N1C. The number of furan rings is 1. The standard InChI is InChI=1S/C60H66N6O16/c1-30-52(74-4)37-27-40-51-50-38(53(75-5)31(2)55(77-7)57(50)82-60(73)63-19-15-33-9-12-44(68)46(70)23-33)26-39(65(51)3)41(28-61)66(40)42(49(37)56(54(30)76-6)81-59(72)62-18-14-32-8-11-43(67)45(69)22-32)29-64-58(71)48-25-34-24-36(10-13-47(34)80-48)79-35-16-20-78-21-17-35/h8-13,22-25,35,39-42,51,67-70H,14-21,26-27,29H2,1-7H3,(H,62,72)(H,63,73)(H,64,71)/t39-,40-,41-,42-,51-/m0/s1. The summed E-state index contributed by atoms with van der Waals surface area (Å²) in [5, 5.41) is 60.9. The number of nitriles is 1. The molecular formula is C60H66N6O16. The van der Waals surface area contributed by atoms with Gasteiger partial charge in [-0.3, -0.25) is 14.6 Å². The first-order valence-corrected chi connectivity index (χ1v) is 27.0. The molecule has 5 atom stereocenters. The van der Waals surface area contributed by atoms with Crippen LogP contribution in [0.3, 0.4) is 0 Å². The van der Waals surface area contributed by atoms with Crippen molar-refractivity contribution in [3.05, 3.63) is 111 Å². The number of likely N-dealkylation sites (N-methyl/N-ethyl adjacent to an activating group) is 1. The number of phenolic OH excluding ortho intramolecular Hbond substituents is 4. The highest BCUT2D eigenvalue weighted by Gasteiger charge is 2.57. The second-order valence-electron chi connectivity index (χ2n) is 20.7. The predicted molar refractivity (Wildman–Crippen MR) is 296 cm³/mol. The number of amides is 3. The van der Waals surface area contributed by atoms with Crippen molar-refractivity contribution in [3.8, 4) is 69.3 Å². The quantitative estimate of drug-likeness (QED) is 0.0440. The number of nitrogens with one attached hydrogen (secondary N) is 3. The first-order chi connectivity index (χ1) is 39.6. The van der Waals surface area contributed by atoms with Gasteiger partial charge in [-0.15, -0.1) is 0 Å². The molecule has 2 bridgehead atoms. The van der Waals surface area contributed by atoms with Gasteiger partial charge in [0.25, 0.3) is 5.91 Å². The fourth-order valence-electron chi connectivity index (χ4n) is 12.4. The number of fused-ring (bicyclic) bond motifs is 8. The molecule has 0 saturated carbocycles. The summed E-state index contributed by atoms with van der Waals surface area (Å²) in [6, 6.07) is 14.7. The molecule has 6 aromatic rings. The Balaban J connectivity index is 1.06. The van der Waals surface area contributed by atoms with Crippen LogP contribution in [-0.2, 0) is 30.4 Å². The van der Waals surface area contributed by atoms with Crippen LogP contribution in [0.1, 0.15) is 80.0 Å². The van der Waals surface area contributed by atoms with Crippen molar-refractivity contribution in [1.82, 2.24) is 25.8 Å². The van der Waals surface area contributed by atoms with Crippen molar-refractivity contribution in [3.63, 3.8) is 0 Å². The monoisotopic (exact) mass is 1130 g/mol. The highest BCUT2D eigenvalue weighted by Crippen LogP contribution is 2.59. The van der Waals surface area contributed by atoms with Crippen LogP contribution in [0, 0.1) is 25.2 Å². The molecule has 10 rings (SSSR count). The first kappa shape index (κ1) is 56.5. The van der Waals surface area contributed by atoms with Gasteiger partial charge >= 0.3 is 12.2 Å². The molecule has 0 aliphatic carbocycles. The smallest absolute Gasteiger partial charge is 0.412 e. The zero-order chi connectivity index (χ0) is 58.1. The average molecular weight is 1130 g/mol. The molecule has 2 saturated heterocycles. The van der Waals surface area contributed by atoms with E-state index in [0.29, 0.717) is 92.4 Å². The van der Waals surface area contributed by atoms with Crippen molar-refractivity contribution in [2.24, 2.45) is 0 Å². The maximum atomic E-state index is 14.6. The van der Waals surface area contributed by atoms with E-state index in [2.05, 4.69) is 26.9 Å². The Hall–Kier alpha value is -8.78. The van der Waals surface area contributed by atoms with Gasteiger partial charge in [-0.2, -0.15) is 5.26 Å². The van der Waals surface area contributed by atoms with Crippen molar-refractivity contribution in [2.45, 2.75) is 88.7 Å². The lowest BCUT2D eigenvalue weighted by Gasteiger charge is -2.60. The summed E-state index contributed by atoms with van der Waals surface area (Å²) < 4.78 is 55.2. The molecule has 4 aliphatic rings. The molecule has 2 fully saturated rings. The predicted octanol–water partition coefficient (Wildman–Crippen LogP) is 7.33. The van der Waals surface area contributed by atoms with E-state index >= 15 is 0 Å². The molecule has 22 heteroatoms. The highest BCUT2D eigenvalue weighted by molar-refractivity contribution is 5.96. The van der Waals surface area contributed by atoms with Crippen molar-refractivity contribution >= 4 is 29.1 Å². The van der Waals surface area contributed by atoms with E-state index in [-0.39, 0.29) is 96.8 Å². The van der Waals surface area contributed by atoms with Gasteiger partial charge in [-0.05, 0) is 106 Å². The van der Waals surface area contributed by atoms with Gasteiger partial charge in [-0.1, -0.05) is 12.1 Å². The average Bonchev–Trinajstić information content (AvgIpc) is 0.895.